The average Bonchev–Trinajstić information content (AvgIpc) is 2.74. The van der Waals surface area contributed by atoms with Crippen molar-refractivity contribution < 1.29 is 4.55 Å². The van der Waals surface area contributed by atoms with E-state index >= 15 is 0 Å². The predicted octanol–water partition coefficient (Wildman–Crippen LogP) is 3.28. The number of hydrogen-bond acceptors (Lipinski definition) is 2. The summed E-state index contributed by atoms with van der Waals surface area (Å²) >= 11 is -1.06. The quantitative estimate of drug-likeness (QED) is 0.836. The Bertz CT molecular complexity index is 530. The van der Waals surface area contributed by atoms with E-state index in [-0.39, 0.29) is 10.8 Å². The molecule has 0 bridgehead atoms. The van der Waals surface area contributed by atoms with Crippen LogP contribution in [0.15, 0.2) is 30.5 Å². The summed E-state index contributed by atoms with van der Waals surface area (Å²) in [5, 5.41) is 1.18. The Balaban J connectivity index is 2.23. The van der Waals surface area contributed by atoms with E-state index in [9.17, 15) is 4.55 Å². The molecule has 0 saturated carbocycles. The monoisotopic (exact) mass is 264 g/mol. The van der Waals surface area contributed by atoms with Gasteiger partial charge in [0.1, 0.15) is 4.75 Å². The molecule has 0 radical (unpaired) electrons. The summed E-state index contributed by atoms with van der Waals surface area (Å²) in [6, 6.07) is 8.26. The molecular formula is C14H20N2OS. The number of H-pyrrole nitrogens is 1. The van der Waals surface area contributed by atoms with Crippen LogP contribution in [0.2, 0.25) is 0 Å². The first-order valence-corrected chi connectivity index (χ1v) is 7.28. The Morgan fingerprint density at radius 3 is 2.67 bits per heavy atom. The van der Waals surface area contributed by atoms with Gasteiger partial charge in [-0.15, -0.1) is 4.72 Å². The standard InChI is InChI=1S/C14H20N2OS/c1-10(16-18(17)14(2,3)4)11-6-5-7-13-12(11)8-9-15-13/h5-10,15-16H,1-4H3/t10-,18?/m1/s1. The summed E-state index contributed by atoms with van der Waals surface area (Å²) in [6.07, 6.45) is 1.93. The minimum absolute atomic E-state index is 0.0598. The molecule has 2 atom stereocenters. The van der Waals surface area contributed by atoms with Gasteiger partial charge < -0.3 is 9.54 Å². The van der Waals surface area contributed by atoms with E-state index in [0.29, 0.717) is 0 Å². The minimum Gasteiger partial charge on any atom is -0.598 e. The van der Waals surface area contributed by atoms with Crippen LogP contribution in [-0.2, 0) is 11.4 Å². The molecule has 4 heteroatoms. The minimum atomic E-state index is -1.06. The molecule has 1 aromatic heterocycles. The molecule has 0 aliphatic rings. The van der Waals surface area contributed by atoms with Crippen molar-refractivity contribution in [2.24, 2.45) is 0 Å². The maximum absolute atomic E-state index is 12.1. The van der Waals surface area contributed by atoms with E-state index in [1.165, 1.54) is 10.9 Å². The molecule has 0 aliphatic heterocycles. The Labute approximate surface area is 111 Å². The van der Waals surface area contributed by atoms with Crippen molar-refractivity contribution in [2.75, 3.05) is 0 Å². The van der Waals surface area contributed by atoms with Crippen molar-refractivity contribution in [3.63, 3.8) is 0 Å². The van der Waals surface area contributed by atoms with E-state index < -0.39 is 11.4 Å². The molecule has 2 rings (SSSR count). The molecule has 2 N–H and O–H groups in total. The highest BCUT2D eigenvalue weighted by atomic mass is 32.2. The van der Waals surface area contributed by atoms with Crippen LogP contribution in [0.25, 0.3) is 10.9 Å². The lowest BCUT2D eigenvalue weighted by atomic mass is 10.1. The number of rotatable bonds is 3. The number of benzene rings is 1. The maximum atomic E-state index is 12.1. The van der Waals surface area contributed by atoms with Crippen LogP contribution in [0.1, 0.15) is 39.3 Å². The van der Waals surface area contributed by atoms with Gasteiger partial charge >= 0.3 is 0 Å². The van der Waals surface area contributed by atoms with Crippen LogP contribution < -0.4 is 4.72 Å². The van der Waals surface area contributed by atoms with Crippen molar-refractivity contribution in [3.8, 4) is 0 Å². The van der Waals surface area contributed by atoms with Gasteiger partial charge in [-0.1, -0.05) is 12.1 Å². The smallest absolute Gasteiger partial charge is 0.136 e. The highest BCUT2D eigenvalue weighted by Crippen LogP contribution is 2.25. The molecule has 1 unspecified atom stereocenters. The zero-order valence-corrected chi connectivity index (χ0v) is 12.1. The first-order valence-electron chi connectivity index (χ1n) is 6.13. The van der Waals surface area contributed by atoms with Gasteiger partial charge in [0.25, 0.3) is 0 Å². The normalized spacial score (nSPS) is 15.8. The fourth-order valence-electron chi connectivity index (χ4n) is 1.89. The molecule has 0 saturated heterocycles. The third-order valence-corrected chi connectivity index (χ3v) is 4.62. The molecule has 1 aromatic carbocycles. The molecule has 18 heavy (non-hydrogen) atoms. The third-order valence-electron chi connectivity index (χ3n) is 2.94. The second kappa shape index (κ2) is 4.96. The molecular weight excluding hydrogens is 244 g/mol. The lowest BCUT2D eigenvalue weighted by Gasteiger charge is -2.26. The molecule has 2 aromatic rings. The topological polar surface area (TPSA) is 50.9 Å². The molecule has 0 spiro atoms. The highest BCUT2D eigenvalue weighted by Gasteiger charge is 2.28. The largest absolute Gasteiger partial charge is 0.598 e. The third kappa shape index (κ3) is 2.71. The zero-order valence-electron chi connectivity index (χ0n) is 11.3. The van der Waals surface area contributed by atoms with E-state index in [1.54, 1.807) is 0 Å². The van der Waals surface area contributed by atoms with Crippen LogP contribution >= 0.6 is 0 Å². The van der Waals surface area contributed by atoms with Crippen molar-refractivity contribution in [2.45, 2.75) is 38.5 Å². The van der Waals surface area contributed by atoms with Gasteiger partial charge in [0.2, 0.25) is 0 Å². The average molecular weight is 264 g/mol. The number of aromatic amines is 1. The van der Waals surface area contributed by atoms with Crippen LogP contribution in [0, 0.1) is 0 Å². The zero-order chi connectivity index (χ0) is 13.3. The van der Waals surface area contributed by atoms with E-state index in [4.69, 9.17) is 0 Å². The summed E-state index contributed by atoms with van der Waals surface area (Å²) in [7, 11) is 0. The van der Waals surface area contributed by atoms with Crippen molar-refractivity contribution in [3.05, 3.63) is 36.0 Å². The summed E-state index contributed by atoms with van der Waals surface area (Å²) in [4.78, 5) is 3.19. The Morgan fingerprint density at radius 1 is 1.28 bits per heavy atom. The molecule has 98 valence electrons. The predicted molar refractivity (Wildman–Crippen MR) is 77.7 cm³/mol. The van der Waals surface area contributed by atoms with Gasteiger partial charge in [-0.05, 0) is 45.4 Å². The number of aromatic nitrogens is 1. The van der Waals surface area contributed by atoms with Gasteiger partial charge in [0.05, 0.1) is 6.04 Å². The van der Waals surface area contributed by atoms with Crippen LogP contribution in [0.3, 0.4) is 0 Å². The lowest BCUT2D eigenvalue weighted by molar-refractivity contribution is 0.532. The van der Waals surface area contributed by atoms with Crippen LogP contribution in [0.5, 0.6) is 0 Å². The van der Waals surface area contributed by atoms with Crippen LogP contribution in [-0.4, -0.2) is 14.3 Å². The van der Waals surface area contributed by atoms with Gasteiger partial charge in [0.15, 0.2) is 0 Å². The summed E-state index contributed by atoms with van der Waals surface area (Å²) < 4.78 is 15.0. The number of hydrogen-bond donors (Lipinski definition) is 2. The molecule has 1 heterocycles. The summed E-state index contributed by atoms with van der Waals surface area (Å²) in [5.74, 6) is 0. The summed E-state index contributed by atoms with van der Waals surface area (Å²) in [5.41, 5.74) is 2.29. The lowest BCUT2D eigenvalue weighted by Crippen LogP contribution is -2.40. The Morgan fingerprint density at radius 2 is 2.00 bits per heavy atom. The van der Waals surface area contributed by atoms with E-state index in [0.717, 1.165) is 5.52 Å². The molecule has 3 nitrogen and oxygen atoms in total. The maximum Gasteiger partial charge on any atom is 0.136 e. The van der Waals surface area contributed by atoms with Crippen molar-refractivity contribution in [1.82, 2.24) is 9.71 Å². The van der Waals surface area contributed by atoms with E-state index in [1.807, 2.05) is 46.0 Å². The first kappa shape index (κ1) is 13.5. The second-order valence-electron chi connectivity index (χ2n) is 5.51. The van der Waals surface area contributed by atoms with Gasteiger partial charge in [-0.2, -0.15) is 0 Å². The van der Waals surface area contributed by atoms with E-state index in [2.05, 4.69) is 21.8 Å². The first-order chi connectivity index (χ1) is 8.39. The molecule has 0 fully saturated rings. The second-order valence-corrected chi connectivity index (χ2v) is 7.50. The highest BCUT2D eigenvalue weighted by molar-refractivity contribution is 7.90. The fourth-order valence-corrected chi connectivity index (χ4v) is 2.69. The molecule has 0 amide bonds. The van der Waals surface area contributed by atoms with Crippen LogP contribution in [0.4, 0.5) is 0 Å². The Kier molecular flexibility index (Phi) is 3.71. The van der Waals surface area contributed by atoms with Gasteiger partial charge in [-0.25, -0.2) is 0 Å². The van der Waals surface area contributed by atoms with Crippen molar-refractivity contribution in [1.29, 1.82) is 0 Å². The van der Waals surface area contributed by atoms with Gasteiger partial charge in [0, 0.05) is 28.5 Å². The number of fused-ring (bicyclic) bond motifs is 1. The summed E-state index contributed by atoms with van der Waals surface area (Å²) in [6.45, 7) is 7.96. The molecule has 0 aliphatic carbocycles. The number of nitrogens with one attached hydrogen (secondary N) is 2. The SMILES string of the molecule is C[C@@H](N[S+]([O-])C(C)(C)C)c1cccc2[nH]ccc12. The van der Waals surface area contributed by atoms with Gasteiger partial charge in [-0.3, -0.25) is 0 Å². The fraction of sp³-hybridized carbons (Fsp3) is 0.429. The van der Waals surface area contributed by atoms with Crippen molar-refractivity contribution >= 4 is 22.3 Å². The Hall–Kier alpha value is -0.970.